The van der Waals surface area contributed by atoms with E-state index >= 15 is 0 Å². The Balaban J connectivity index is 1.60. The molecule has 0 saturated heterocycles. The Bertz CT molecular complexity index is 875. The van der Waals surface area contributed by atoms with E-state index in [1.165, 1.54) is 0 Å². The van der Waals surface area contributed by atoms with Crippen molar-refractivity contribution in [2.45, 2.75) is 6.54 Å². The van der Waals surface area contributed by atoms with E-state index in [9.17, 15) is 0 Å². The van der Waals surface area contributed by atoms with Crippen LogP contribution in [0.3, 0.4) is 0 Å². The third kappa shape index (κ3) is 1.82. The first-order chi connectivity index (χ1) is 9.90. The fourth-order valence-corrected chi connectivity index (χ4v) is 2.42. The van der Waals surface area contributed by atoms with Crippen LogP contribution in [0, 0.1) is 0 Å². The van der Waals surface area contributed by atoms with Gasteiger partial charge in [0, 0.05) is 28.6 Å². The number of aromatic amines is 1. The first-order valence-electron chi connectivity index (χ1n) is 6.52. The lowest BCUT2D eigenvalue weighted by atomic mass is 10.1. The second kappa shape index (κ2) is 4.42. The minimum absolute atomic E-state index is 0.736. The number of rotatable bonds is 3. The van der Waals surface area contributed by atoms with Gasteiger partial charge in [0.15, 0.2) is 0 Å². The van der Waals surface area contributed by atoms with Gasteiger partial charge >= 0.3 is 0 Å². The fraction of sp³-hybridized carbons (Fsp3) is 0.0625. The molecular weight excluding hydrogens is 250 g/mol. The van der Waals surface area contributed by atoms with Gasteiger partial charge in [0.05, 0.1) is 18.0 Å². The summed E-state index contributed by atoms with van der Waals surface area (Å²) in [5.41, 5.74) is 4.20. The number of H-pyrrole nitrogens is 1. The van der Waals surface area contributed by atoms with Crippen LogP contribution in [0.25, 0.3) is 21.9 Å². The van der Waals surface area contributed by atoms with Gasteiger partial charge in [-0.15, -0.1) is 0 Å². The summed E-state index contributed by atoms with van der Waals surface area (Å²) in [6, 6.07) is 14.2. The maximum Gasteiger partial charge on any atom is 0.134 e. The molecule has 2 aromatic heterocycles. The van der Waals surface area contributed by atoms with Crippen molar-refractivity contribution < 1.29 is 4.42 Å². The number of para-hydroxylation sites is 1. The summed E-state index contributed by atoms with van der Waals surface area (Å²) >= 11 is 0. The summed E-state index contributed by atoms with van der Waals surface area (Å²) in [5, 5.41) is 12.7. The highest BCUT2D eigenvalue weighted by atomic mass is 16.3. The molecule has 0 amide bonds. The van der Waals surface area contributed by atoms with Crippen LogP contribution in [0.15, 0.2) is 59.3 Å². The van der Waals surface area contributed by atoms with Gasteiger partial charge in [0.2, 0.25) is 0 Å². The average molecular weight is 263 g/mol. The molecule has 0 aliphatic rings. The molecule has 98 valence electrons. The van der Waals surface area contributed by atoms with E-state index in [1.807, 2.05) is 42.8 Å². The van der Waals surface area contributed by atoms with Gasteiger partial charge in [0.25, 0.3) is 0 Å². The van der Waals surface area contributed by atoms with Crippen LogP contribution in [0.4, 0.5) is 5.69 Å². The maximum atomic E-state index is 5.54. The van der Waals surface area contributed by atoms with Crippen molar-refractivity contribution >= 4 is 27.6 Å². The molecule has 2 aromatic carbocycles. The Hall–Kier alpha value is -2.75. The van der Waals surface area contributed by atoms with Crippen LogP contribution in [-0.2, 0) is 6.54 Å². The molecule has 0 spiro atoms. The molecule has 4 heteroatoms. The molecule has 0 aliphatic carbocycles. The molecule has 4 nitrogen and oxygen atoms in total. The highest BCUT2D eigenvalue weighted by Gasteiger charge is 2.05. The summed E-state index contributed by atoms with van der Waals surface area (Å²) in [7, 11) is 0. The first kappa shape index (κ1) is 11.1. The molecule has 2 heterocycles. The number of anilines is 1. The fourth-order valence-electron chi connectivity index (χ4n) is 2.42. The largest absolute Gasteiger partial charge is 0.464 e. The molecule has 4 aromatic rings. The monoisotopic (exact) mass is 263 g/mol. The topological polar surface area (TPSA) is 53.9 Å². The third-order valence-corrected chi connectivity index (χ3v) is 3.48. The summed E-state index contributed by atoms with van der Waals surface area (Å²) in [6.45, 7) is 0.736. The SMILES string of the molecule is c1ccc2c(CNc3ccc4[nH]ncc4c3)coc2c1. The van der Waals surface area contributed by atoms with Gasteiger partial charge in [-0.05, 0) is 24.3 Å². The number of furan rings is 1. The minimum atomic E-state index is 0.736. The molecule has 20 heavy (non-hydrogen) atoms. The van der Waals surface area contributed by atoms with E-state index in [1.54, 1.807) is 0 Å². The van der Waals surface area contributed by atoms with Crippen LogP contribution in [0.1, 0.15) is 5.56 Å². The summed E-state index contributed by atoms with van der Waals surface area (Å²) < 4.78 is 5.54. The number of nitrogens with zero attached hydrogens (tertiary/aromatic N) is 1. The van der Waals surface area contributed by atoms with Crippen molar-refractivity contribution in [2.24, 2.45) is 0 Å². The van der Waals surface area contributed by atoms with Crippen molar-refractivity contribution in [3.63, 3.8) is 0 Å². The zero-order valence-corrected chi connectivity index (χ0v) is 10.8. The van der Waals surface area contributed by atoms with Crippen LogP contribution in [0.5, 0.6) is 0 Å². The van der Waals surface area contributed by atoms with E-state index < -0.39 is 0 Å². The molecule has 2 N–H and O–H groups in total. The summed E-state index contributed by atoms with van der Waals surface area (Å²) in [5.74, 6) is 0. The van der Waals surface area contributed by atoms with Crippen molar-refractivity contribution in [3.05, 3.63) is 60.5 Å². The maximum absolute atomic E-state index is 5.54. The van der Waals surface area contributed by atoms with E-state index in [0.717, 1.165) is 39.7 Å². The highest BCUT2D eigenvalue weighted by Crippen LogP contribution is 2.22. The molecule has 0 saturated carbocycles. The molecule has 0 radical (unpaired) electrons. The van der Waals surface area contributed by atoms with Crippen molar-refractivity contribution in [1.29, 1.82) is 0 Å². The highest BCUT2D eigenvalue weighted by molar-refractivity contribution is 5.83. The van der Waals surface area contributed by atoms with E-state index in [2.05, 4.69) is 27.6 Å². The Morgan fingerprint density at radius 1 is 1.15 bits per heavy atom. The third-order valence-electron chi connectivity index (χ3n) is 3.48. The van der Waals surface area contributed by atoms with Crippen molar-refractivity contribution in [3.8, 4) is 0 Å². The normalized spacial score (nSPS) is 11.2. The lowest BCUT2D eigenvalue weighted by Gasteiger charge is -2.05. The number of fused-ring (bicyclic) bond motifs is 2. The van der Waals surface area contributed by atoms with Crippen LogP contribution < -0.4 is 5.32 Å². The molecule has 0 fully saturated rings. The van der Waals surface area contributed by atoms with Crippen LogP contribution in [-0.4, -0.2) is 10.2 Å². The molecule has 0 aliphatic heterocycles. The van der Waals surface area contributed by atoms with Gasteiger partial charge in [-0.1, -0.05) is 18.2 Å². The predicted molar refractivity (Wildman–Crippen MR) is 79.6 cm³/mol. The zero-order valence-electron chi connectivity index (χ0n) is 10.8. The van der Waals surface area contributed by atoms with Crippen LogP contribution in [0.2, 0.25) is 0 Å². The Labute approximate surface area is 115 Å². The van der Waals surface area contributed by atoms with Crippen molar-refractivity contribution in [2.75, 3.05) is 5.32 Å². The lowest BCUT2D eigenvalue weighted by Crippen LogP contribution is -1.98. The Kier molecular flexibility index (Phi) is 2.45. The van der Waals surface area contributed by atoms with Gasteiger partial charge in [0.1, 0.15) is 5.58 Å². The quantitative estimate of drug-likeness (QED) is 0.589. The van der Waals surface area contributed by atoms with Crippen molar-refractivity contribution in [1.82, 2.24) is 10.2 Å². The van der Waals surface area contributed by atoms with E-state index in [4.69, 9.17) is 4.42 Å². The Morgan fingerprint density at radius 2 is 2.10 bits per heavy atom. The number of hydrogen-bond donors (Lipinski definition) is 2. The number of nitrogens with one attached hydrogen (secondary N) is 2. The first-order valence-corrected chi connectivity index (χ1v) is 6.52. The number of hydrogen-bond acceptors (Lipinski definition) is 3. The zero-order chi connectivity index (χ0) is 13.4. The number of benzene rings is 2. The second-order valence-electron chi connectivity index (χ2n) is 4.78. The lowest BCUT2D eigenvalue weighted by molar-refractivity contribution is 0.611. The molecule has 0 bridgehead atoms. The minimum Gasteiger partial charge on any atom is -0.464 e. The average Bonchev–Trinajstić information content (AvgIpc) is 3.11. The standard InChI is InChI=1S/C16H13N3O/c1-2-4-16-14(3-1)12(10-20-16)8-17-13-5-6-15-11(7-13)9-18-19-15/h1-7,9-10,17H,8H2,(H,18,19). The molecule has 0 atom stereocenters. The predicted octanol–water partition coefficient (Wildman–Crippen LogP) is 3.92. The number of aromatic nitrogens is 2. The Morgan fingerprint density at radius 3 is 3.10 bits per heavy atom. The summed E-state index contributed by atoms with van der Waals surface area (Å²) in [4.78, 5) is 0. The molecule has 4 rings (SSSR count). The van der Waals surface area contributed by atoms with Gasteiger partial charge in [-0.2, -0.15) is 5.10 Å². The van der Waals surface area contributed by atoms with Gasteiger partial charge < -0.3 is 9.73 Å². The van der Waals surface area contributed by atoms with Gasteiger partial charge in [-0.3, -0.25) is 5.10 Å². The van der Waals surface area contributed by atoms with Crippen LogP contribution >= 0.6 is 0 Å². The van der Waals surface area contributed by atoms with E-state index in [-0.39, 0.29) is 0 Å². The van der Waals surface area contributed by atoms with Gasteiger partial charge in [-0.25, -0.2) is 0 Å². The smallest absolute Gasteiger partial charge is 0.134 e. The molecular formula is C16H13N3O. The molecule has 0 unspecified atom stereocenters. The second-order valence-corrected chi connectivity index (χ2v) is 4.78. The van der Waals surface area contributed by atoms with E-state index in [0.29, 0.717) is 0 Å². The summed E-state index contributed by atoms with van der Waals surface area (Å²) in [6.07, 6.45) is 3.64.